The van der Waals surface area contributed by atoms with Crippen molar-refractivity contribution in [1.29, 1.82) is 0 Å². The van der Waals surface area contributed by atoms with Crippen LogP contribution in [0.2, 0.25) is 5.02 Å². The quantitative estimate of drug-likeness (QED) is 0.794. The van der Waals surface area contributed by atoms with Gasteiger partial charge in [-0.05, 0) is 6.07 Å². The van der Waals surface area contributed by atoms with Crippen molar-refractivity contribution in [1.82, 2.24) is 15.3 Å². The fraction of sp³-hybridized carbons (Fsp3) is 0.231. The van der Waals surface area contributed by atoms with Crippen molar-refractivity contribution in [3.63, 3.8) is 0 Å². The van der Waals surface area contributed by atoms with Gasteiger partial charge >= 0.3 is 0 Å². The number of carbonyl (C=O) groups excluding carboxylic acids is 1. The Morgan fingerprint density at radius 1 is 1.43 bits per heavy atom. The molecule has 1 aliphatic heterocycles. The molecule has 0 saturated heterocycles. The molecule has 1 aromatic carbocycles. The lowest BCUT2D eigenvalue weighted by Gasteiger charge is -2.22. The van der Waals surface area contributed by atoms with E-state index in [0.29, 0.717) is 19.0 Å². The molecule has 1 amide bonds. The van der Waals surface area contributed by atoms with Gasteiger partial charge in [-0.25, -0.2) is 13.8 Å². The highest BCUT2D eigenvalue weighted by Gasteiger charge is 2.27. The van der Waals surface area contributed by atoms with Crippen LogP contribution in [0.15, 0.2) is 18.5 Å². The van der Waals surface area contributed by atoms with Gasteiger partial charge in [0, 0.05) is 19.0 Å². The Labute approximate surface area is 123 Å². The van der Waals surface area contributed by atoms with Crippen LogP contribution in [0, 0.1) is 11.6 Å². The average Bonchev–Trinajstić information content (AvgIpc) is 2.89. The summed E-state index contributed by atoms with van der Waals surface area (Å²) in [5.74, 6) is -2.16. The second kappa shape index (κ2) is 5.42. The molecule has 0 fully saturated rings. The van der Waals surface area contributed by atoms with E-state index >= 15 is 0 Å². The Bertz CT molecular complexity index is 680. The van der Waals surface area contributed by atoms with E-state index in [4.69, 9.17) is 11.6 Å². The highest BCUT2D eigenvalue weighted by molar-refractivity contribution is 6.33. The van der Waals surface area contributed by atoms with Gasteiger partial charge in [0.1, 0.15) is 5.82 Å². The number of imidazole rings is 1. The lowest BCUT2D eigenvalue weighted by molar-refractivity contribution is -0.118. The average molecular weight is 313 g/mol. The molecule has 3 rings (SSSR count). The van der Waals surface area contributed by atoms with Gasteiger partial charge in [0.15, 0.2) is 5.82 Å². The van der Waals surface area contributed by atoms with Crippen molar-refractivity contribution < 1.29 is 13.6 Å². The molecule has 0 saturated carbocycles. The highest BCUT2D eigenvalue weighted by Crippen LogP contribution is 2.26. The molecule has 3 N–H and O–H groups in total. The molecule has 0 radical (unpaired) electrons. The molecule has 0 aliphatic carbocycles. The van der Waals surface area contributed by atoms with Crippen molar-refractivity contribution in [2.24, 2.45) is 0 Å². The third-order valence-electron chi connectivity index (χ3n) is 3.30. The number of fused-ring (bicyclic) bond motifs is 1. The van der Waals surface area contributed by atoms with Gasteiger partial charge in [-0.15, -0.1) is 0 Å². The Kier molecular flexibility index (Phi) is 3.60. The third-order valence-corrected chi connectivity index (χ3v) is 3.60. The first-order valence-corrected chi connectivity index (χ1v) is 6.62. The summed E-state index contributed by atoms with van der Waals surface area (Å²) < 4.78 is 26.6. The summed E-state index contributed by atoms with van der Waals surface area (Å²) >= 11 is 5.75. The second-order valence-corrected chi connectivity index (χ2v) is 5.11. The minimum absolute atomic E-state index is 0.183. The number of nitrogens with one attached hydrogen (secondary N) is 3. The fourth-order valence-electron chi connectivity index (χ4n) is 2.23. The Morgan fingerprint density at radius 2 is 2.24 bits per heavy atom. The number of rotatable bonds is 2. The molecule has 5 nitrogen and oxygen atoms in total. The van der Waals surface area contributed by atoms with E-state index < -0.39 is 23.6 Å². The summed E-state index contributed by atoms with van der Waals surface area (Å²) in [7, 11) is 0. The number of amides is 1. The monoisotopic (exact) mass is 312 g/mol. The lowest BCUT2D eigenvalue weighted by Crippen LogP contribution is -2.45. The number of benzene rings is 1. The summed E-state index contributed by atoms with van der Waals surface area (Å²) in [5.41, 5.74) is 1.49. The number of halogens is 3. The molecular weight excluding hydrogens is 302 g/mol. The molecule has 1 unspecified atom stereocenters. The number of hydrogen-bond donors (Lipinski definition) is 3. The first kappa shape index (κ1) is 14.0. The zero-order valence-electron chi connectivity index (χ0n) is 10.7. The second-order valence-electron chi connectivity index (χ2n) is 4.70. The van der Waals surface area contributed by atoms with Crippen molar-refractivity contribution in [2.75, 3.05) is 5.32 Å². The van der Waals surface area contributed by atoms with Gasteiger partial charge in [0.05, 0.1) is 34.5 Å². The van der Waals surface area contributed by atoms with E-state index in [-0.39, 0.29) is 10.7 Å². The van der Waals surface area contributed by atoms with Gasteiger partial charge in [-0.3, -0.25) is 10.1 Å². The minimum Gasteiger partial charge on any atom is -0.347 e. The number of aromatic nitrogens is 2. The molecule has 8 heteroatoms. The van der Waals surface area contributed by atoms with Crippen LogP contribution in [0.3, 0.4) is 0 Å². The van der Waals surface area contributed by atoms with Crippen LogP contribution in [-0.2, 0) is 17.8 Å². The SMILES string of the molecule is O=C(Nc1c(F)cc(F)cc1Cl)C1Cc2nc[nH]c2CN1. The number of nitrogens with zero attached hydrogens (tertiary/aromatic N) is 1. The minimum atomic E-state index is -0.912. The zero-order valence-corrected chi connectivity index (χ0v) is 11.5. The molecule has 1 atom stereocenters. The number of anilines is 1. The molecule has 1 aliphatic rings. The predicted molar refractivity (Wildman–Crippen MR) is 72.9 cm³/mol. The van der Waals surface area contributed by atoms with Crippen molar-refractivity contribution in [3.05, 3.63) is 46.5 Å². The Morgan fingerprint density at radius 3 is 3.00 bits per heavy atom. The fourth-order valence-corrected chi connectivity index (χ4v) is 2.47. The molecular formula is C13H11ClF2N4O. The summed E-state index contributed by atoms with van der Waals surface area (Å²) in [4.78, 5) is 19.2. The summed E-state index contributed by atoms with van der Waals surface area (Å²) in [6.45, 7) is 0.465. The first-order valence-electron chi connectivity index (χ1n) is 6.24. The van der Waals surface area contributed by atoms with Gasteiger partial charge in [0.25, 0.3) is 0 Å². The van der Waals surface area contributed by atoms with Crippen molar-refractivity contribution in [2.45, 2.75) is 19.0 Å². The molecule has 0 spiro atoms. The standard InChI is InChI=1S/C13H11ClF2N4O/c14-7-1-6(15)2-8(16)12(7)20-13(21)10-3-9-11(4-17-10)19-5-18-9/h1-2,5,10,17H,3-4H2,(H,18,19)(H,20,21). The molecule has 1 aromatic heterocycles. The lowest BCUT2D eigenvalue weighted by atomic mass is 10.0. The number of aromatic amines is 1. The molecule has 110 valence electrons. The van der Waals surface area contributed by atoms with Crippen molar-refractivity contribution >= 4 is 23.2 Å². The van der Waals surface area contributed by atoms with Crippen molar-refractivity contribution in [3.8, 4) is 0 Å². The van der Waals surface area contributed by atoms with Gasteiger partial charge < -0.3 is 10.3 Å². The molecule has 21 heavy (non-hydrogen) atoms. The van der Waals surface area contributed by atoms with E-state index in [9.17, 15) is 13.6 Å². The van der Waals surface area contributed by atoms with Crippen LogP contribution < -0.4 is 10.6 Å². The zero-order chi connectivity index (χ0) is 15.0. The maximum atomic E-state index is 13.7. The van der Waals surface area contributed by atoms with Crippen LogP contribution >= 0.6 is 11.6 Å². The summed E-state index contributed by atoms with van der Waals surface area (Å²) in [5, 5.41) is 5.21. The van der Waals surface area contributed by atoms with Crippen LogP contribution in [0.5, 0.6) is 0 Å². The van der Waals surface area contributed by atoms with Gasteiger partial charge in [-0.1, -0.05) is 11.6 Å². The van der Waals surface area contributed by atoms with Crippen LogP contribution in [-0.4, -0.2) is 21.9 Å². The Hall–Kier alpha value is -1.99. The highest BCUT2D eigenvalue weighted by atomic mass is 35.5. The van der Waals surface area contributed by atoms with Crippen LogP contribution in [0.25, 0.3) is 0 Å². The number of carbonyl (C=O) groups is 1. The van der Waals surface area contributed by atoms with E-state index in [2.05, 4.69) is 20.6 Å². The van der Waals surface area contributed by atoms with E-state index in [1.54, 1.807) is 6.33 Å². The van der Waals surface area contributed by atoms with Crippen LogP contribution in [0.1, 0.15) is 11.4 Å². The molecule has 0 bridgehead atoms. The summed E-state index contributed by atoms with van der Waals surface area (Å²) in [6.07, 6.45) is 1.94. The number of hydrogen-bond acceptors (Lipinski definition) is 3. The van der Waals surface area contributed by atoms with Gasteiger partial charge in [0.2, 0.25) is 5.91 Å². The summed E-state index contributed by atoms with van der Waals surface area (Å²) in [6, 6.07) is 1.06. The first-order chi connectivity index (χ1) is 10.0. The van der Waals surface area contributed by atoms with Crippen LogP contribution in [0.4, 0.5) is 14.5 Å². The van der Waals surface area contributed by atoms with Gasteiger partial charge in [-0.2, -0.15) is 0 Å². The largest absolute Gasteiger partial charge is 0.347 e. The normalized spacial score (nSPS) is 17.4. The van der Waals surface area contributed by atoms with E-state index in [0.717, 1.165) is 17.5 Å². The maximum Gasteiger partial charge on any atom is 0.242 e. The van der Waals surface area contributed by atoms with E-state index in [1.807, 2.05) is 0 Å². The maximum absolute atomic E-state index is 13.7. The topological polar surface area (TPSA) is 69.8 Å². The molecule has 2 heterocycles. The predicted octanol–water partition coefficient (Wildman–Crippen LogP) is 1.99. The Balaban J connectivity index is 1.76. The smallest absolute Gasteiger partial charge is 0.242 e. The third kappa shape index (κ3) is 2.74. The number of H-pyrrole nitrogens is 1. The molecule has 2 aromatic rings. The van der Waals surface area contributed by atoms with E-state index in [1.165, 1.54) is 0 Å².